The van der Waals surface area contributed by atoms with Crippen molar-refractivity contribution in [1.29, 1.82) is 0 Å². The fraction of sp³-hybridized carbons (Fsp3) is 0.429. The molecule has 20 heavy (non-hydrogen) atoms. The first-order chi connectivity index (χ1) is 9.61. The fourth-order valence-electron chi connectivity index (χ4n) is 2.17. The average Bonchev–Trinajstić information content (AvgIpc) is 2.47. The number of ketones is 1. The Labute approximate surface area is 116 Å². The predicted molar refractivity (Wildman–Crippen MR) is 71.1 cm³/mol. The van der Waals surface area contributed by atoms with Crippen LogP contribution in [0.5, 0.6) is 5.75 Å². The number of carbonyl (C=O) groups excluding carboxylic acids is 1. The molecule has 108 valence electrons. The van der Waals surface area contributed by atoms with Crippen molar-refractivity contribution >= 4 is 11.8 Å². The molecule has 0 atom stereocenters. The first kappa shape index (κ1) is 14.5. The van der Waals surface area contributed by atoms with Gasteiger partial charge in [-0.2, -0.15) is 0 Å². The van der Waals surface area contributed by atoms with E-state index in [-0.39, 0.29) is 5.56 Å². The highest BCUT2D eigenvalue weighted by atomic mass is 16.5. The Morgan fingerprint density at radius 2 is 2.05 bits per heavy atom. The molecule has 1 aliphatic rings. The van der Waals surface area contributed by atoms with E-state index in [1.807, 2.05) is 0 Å². The predicted octanol–water partition coefficient (Wildman–Crippen LogP) is 0.795. The molecular weight excluding hydrogens is 262 g/mol. The Balaban J connectivity index is 2.21. The third-order valence-electron chi connectivity index (χ3n) is 3.23. The lowest BCUT2D eigenvalue weighted by Gasteiger charge is -2.27. The van der Waals surface area contributed by atoms with Crippen LogP contribution in [0, 0.1) is 0 Å². The van der Waals surface area contributed by atoms with Crippen LogP contribution in [0.25, 0.3) is 0 Å². The highest BCUT2D eigenvalue weighted by Gasteiger charge is 2.18. The van der Waals surface area contributed by atoms with E-state index < -0.39 is 11.8 Å². The van der Waals surface area contributed by atoms with Gasteiger partial charge >= 0.3 is 5.97 Å². The Morgan fingerprint density at radius 3 is 2.65 bits per heavy atom. The second-order valence-electron chi connectivity index (χ2n) is 4.55. The van der Waals surface area contributed by atoms with Gasteiger partial charge in [0.2, 0.25) is 0 Å². The summed E-state index contributed by atoms with van der Waals surface area (Å²) in [7, 11) is 1.55. The monoisotopic (exact) mass is 279 g/mol. The van der Waals surface area contributed by atoms with Gasteiger partial charge in [-0.1, -0.05) is 0 Å². The molecule has 0 radical (unpaired) electrons. The van der Waals surface area contributed by atoms with Gasteiger partial charge in [-0.25, -0.2) is 4.79 Å². The van der Waals surface area contributed by atoms with Crippen molar-refractivity contribution < 1.29 is 24.2 Å². The van der Waals surface area contributed by atoms with Crippen molar-refractivity contribution in [3.8, 4) is 5.75 Å². The summed E-state index contributed by atoms with van der Waals surface area (Å²) in [5.41, 5.74) is 0.975. The molecule has 0 unspecified atom stereocenters. The Morgan fingerprint density at radius 1 is 1.35 bits per heavy atom. The first-order valence-corrected chi connectivity index (χ1v) is 6.36. The molecule has 1 heterocycles. The maximum Gasteiger partial charge on any atom is 0.377 e. The smallest absolute Gasteiger partial charge is 0.377 e. The van der Waals surface area contributed by atoms with E-state index in [1.54, 1.807) is 19.2 Å². The van der Waals surface area contributed by atoms with Crippen molar-refractivity contribution in [3.05, 3.63) is 29.3 Å². The SMILES string of the molecule is COc1ccc(C(=O)C(=O)O)cc1CN1CCOCC1. The van der Waals surface area contributed by atoms with E-state index >= 15 is 0 Å². The molecule has 1 fully saturated rings. The lowest BCUT2D eigenvalue weighted by atomic mass is 10.1. The zero-order chi connectivity index (χ0) is 14.5. The Hall–Kier alpha value is -1.92. The topological polar surface area (TPSA) is 76.1 Å². The molecule has 0 aliphatic carbocycles. The van der Waals surface area contributed by atoms with E-state index in [2.05, 4.69) is 4.90 Å². The van der Waals surface area contributed by atoms with E-state index in [9.17, 15) is 9.59 Å². The third-order valence-corrected chi connectivity index (χ3v) is 3.23. The number of ether oxygens (including phenoxy) is 2. The van der Waals surface area contributed by atoms with Gasteiger partial charge in [0.15, 0.2) is 0 Å². The second kappa shape index (κ2) is 6.49. The van der Waals surface area contributed by atoms with Gasteiger partial charge < -0.3 is 14.6 Å². The highest BCUT2D eigenvalue weighted by Crippen LogP contribution is 2.22. The number of hydrogen-bond acceptors (Lipinski definition) is 5. The molecule has 1 aromatic carbocycles. The third kappa shape index (κ3) is 3.34. The van der Waals surface area contributed by atoms with E-state index in [0.717, 1.165) is 18.7 Å². The summed E-state index contributed by atoms with van der Waals surface area (Å²) >= 11 is 0. The van der Waals surface area contributed by atoms with Gasteiger partial charge in [0.25, 0.3) is 5.78 Å². The zero-order valence-corrected chi connectivity index (χ0v) is 11.3. The quantitative estimate of drug-likeness (QED) is 0.634. The summed E-state index contributed by atoms with van der Waals surface area (Å²) in [6, 6.07) is 4.69. The molecule has 6 heteroatoms. The average molecular weight is 279 g/mol. The number of benzene rings is 1. The second-order valence-corrected chi connectivity index (χ2v) is 4.55. The van der Waals surface area contributed by atoms with Crippen molar-refractivity contribution in [2.75, 3.05) is 33.4 Å². The zero-order valence-electron chi connectivity index (χ0n) is 11.3. The molecule has 1 N–H and O–H groups in total. The molecule has 1 saturated heterocycles. The van der Waals surface area contributed by atoms with Gasteiger partial charge in [-0.3, -0.25) is 9.69 Å². The Bertz CT molecular complexity index is 508. The highest BCUT2D eigenvalue weighted by molar-refractivity contribution is 6.39. The van der Waals surface area contributed by atoms with Crippen molar-refractivity contribution in [3.63, 3.8) is 0 Å². The molecule has 0 amide bonds. The van der Waals surface area contributed by atoms with E-state index in [4.69, 9.17) is 14.6 Å². The number of carbonyl (C=O) groups is 2. The number of aliphatic carboxylic acids is 1. The van der Waals surface area contributed by atoms with Crippen LogP contribution in [-0.4, -0.2) is 55.2 Å². The lowest BCUT2D eigenvalue weighted by molar-refractivity contribution is -0.131. The molecule has 0 aromatic heterocycles. The lowest BCUT2D eigenvalue weighted by Crippen LogP contribution is -2.35. The molecule has 6 nitrogen and oxygen atoms in total. The molecule has 1 aromatic rings. The van der Waals surface area contributed by atoms with Gasteiger partial charge in [-0.05, 0) is 18.2 Å². The summed E-state index contributed by atoms with van der Waals surface area (Å²) < 4.78 is 10.5. The first-order valence-electron chi connectivity index (χ1n) is 6.36. The summed E-state index contributed by atoms with van der Waals surface area (Å²) in [6.45, 7) is 3.57. The van der Waals surface area contributed by atoms with Crippen LogP contribution >= 0.6 is 0 Å². The number of rotatable bonds is 5. The summed E-state index contributed by atoms with van der Waals surface area (Å²) in [6.07, 6.45) is 0. The minimum Gasteiger partial charge on any atom is -0.496 e. The van der Waals surface area contributed by atoms with Gasteiger partial charge in [0.05, 0.1) is 20.3 Å². The molecule has 0 spiro atoms. The van der Waals surface area contributed by atoms with Crippen LogP contribution in [0.15, 0.2) is 18.2 Å². The van der Waals surface area contributed by atoms with Gasteiger partial charge in [0, 0.05) is 30.8 Å². The van der Waals surface area contributed by atoms with Crippen LogP contribution in [0.2, 0.25) is 0 Å². The fourth-order valence-corrected chi connectivity index (χ4v) is 2.17. The Kier molecular flexibility index (Phi) is 4.70. The van der Waals surface area contributed by atoms with Crippen LogP contribution in [-0.2, 0) is 16.1 Å². The number of Topliss-reactive ketones (excluding diaryl/α,β-unsaturated/α-hetero) is 1. The molecule has 2 rings (SSSR count). The largest absolute Gasteiger partial charge is 0.496 e. The van der Waals surface area contributed by atoms with Crippen LogP contribution < -0.4 is 4.74 Å². The molecule has 0 saturated carbocycles. The van der Waals surface area contributed by atoms with Crippen molar-refractivity contribution in [2.45, 2.75) is 6.54 Å². The van der Waals surface area contributed by atoms with Gasteiger partial charge in [0.1, 0.15) is 5.75 Å². The van der Waals surface area contributed by atoms with E-state index in [0.29, 0.717) is 25.5 Å². The number of nitrogens with zero attached hydrogens (tertiary/aromatic N) is 1. The van der Waals surface area contributed by atoms with E-state index in [1.165, 1.54) is 6.07 Å². The number of hydrogen-bond donors (Lipinski definition) is 1. The summed E-state index contributed by atoms with van der Waals surface area (Å²) in [5, 5.41) is 8.77. The summed E-state index contributed by atoms with van der Waals surface area (Å²) in [4.78, 5) is 24.4. The maximum absolute atomic E-state index is 11.5. The molecule has 1 aliphatic heterocycles. The molecular formula is C14H17NO5. The number of carboxylic acid groups (broad SMARTS) is 1. The maximum atomic E-state index is 11.5. The summed E-state index contributed by atoms with van der Waals surface area (Å²) in [5.74, 6) is -1.71. The minimum absolute atomic E-state index is 0.168. The minimum atomic E-state index is -1.45. The number of methoxy groups -OCH3 is 1. The van der Waals surface area contributed by atoms with Crippen molar-refractivity contribution in [2.24, 2.45) is 0 Å². The van der Waals surface area contributed by atoms with Gasteiger partial charge in [-0.15, -0.1) is 0 Å². The molecule has 0 bridgehead atoms. The van der Waals surface area contributed by atoms with Crippen LogP contribution in [0.4, 0.5) is 0 Å². The normalized spacial score (nSPS) is 15.8. The van der Waals surface area contributed by atoms with Crippen LogP contribution in [0.3, 0.4) is 0 Å². The number of carboxylic acids is 1. The van der Waals surface area contributed by atoms with Crippen LogP contribution in [0.1, 0.15) is 15.9 Å². The standard InChI is InChI=1S/C14H17NO5/c1-19-12-3-2-10(13(16)14(17)18)8-11(12)9-15-4-6-20-7-5-15/h2-3,8H,4-7,9H2,1H3,(H,17,18). The van der Waals surface area contributed by atoms with Crippen molar-refractivity contribution in [1.82, 2.24) is 4.90 Å². The number of morpholine rings is 1.